The van der Waals surface area contributed by atoms with Gasteiger partial charge in [-0.3, -0.25) is 10.1 Å². The fourth-order valence-electron chi connectivity index (χ4n) is 1.94. The molecule has 5 heteroatoms. The Morgan fingerprint density at radius 1 is 1.24 bits per heavy atom. The summed E-state index contributed by atoms with van der Waals surface area (Å²) in [5.41, 5.74) is 1.94. The minimum atomic E-state index is -0.423. The van der Waals surface area contributed by atoms with Gasteiger partial charge in [-0.05, 0) is 35.2 Å². The summed E-state index contributed by atoms with van der Waals surface area (Å²) in [6.07, 6.45) is 0. The number of rotatable bonds is 5. The topological polar surface area (TPSA) is 52.4 Å². The fourth-order valence-corrected chi connectivity index (χ4v) is 2.29. The van der Waals surface area contributed by atoms with Crippen LogP contribution >= 0.6 is 15.9 Å². The minimum absolute atomic E-state index is 0.0260. The van der Waals surface area contributed by atoms with Crippen molar-refractivity contribution in [1.29, 1.82) is 0 Å². The van der Waals surface area contributed by atoms with Crippen molar-refractivity contribution in [3.63, 3.8) is 0 Å². The smallest absolute Gasteiger partial charge is 0.311 e. The van der Waals surface area contributed by atoms with Gasteiger partial charge in [0, 0.05) is 11.4 Å². The molecule has 0 aliphatic heterocycles. The van der Waals surface area contributed by atoms with Crippen LogP contribution in [-0.4, -0.2) is 4.92 Å². The first-order valence-corrected chi connectivity index (χ1v) is 7.74. The van der Waals surface area contributed by atoms with Crippen molar-refractivity contribution in [1.82, 2.24) is 0 Å². The van der Waals surface area contributed by atoms with Crippen molar-refractivity contribution < 1.29 is 9.66 Å². The summed E-state index contributed by atoms with van der Waals surface area (Å²) in [5, 5.41) is 11.7. The maximum Gasteiger partial charge on any atom is 0.311 e. The SMILES string of the molecule is CC(C)c1cccc(Oc2ccc(CBr)cc2[N+](=O)[O-])c1. The molecule has 0 unspecified atom stereocenters. The van der Waals surface area contributed by atoms with E-state index >= 15 is 0 Å². The molecule has 0 N–H and O–H groups in total. The first-order valence-electron chi connectivity index (χ1n) is 6.62. The first kappa shape index (κ1) is 15.5. The average molecular weight is 350 g/mol. The van der Waals surface area contributed by atoms with Crippen molar-refractivity contribution in [2.24, 2.45) is 0 Å². The molecule has 0 aliphatic rings. The van der Waals surface area contributed by atoms with E-state index in [0.29, 0.717) is 17.0 Å². The van der Waals surface area contributed by atoms with E-state index in [1.54, 1.807) is 12.1 Å². The highest BCUT2D eigenvalue weighted by atomic mass is 79.9. The molecule has 0 fully saturated rings. The van der Waals surface area contributed by atoms with Crippen molar-refractivity contribution in [2.45, 2.75) is 25.1 Å². The van der Waals surface area contributed by atoms with Crippen LogP contribution in [0.2, 0.25) is 0 Å². The predicted molar refractivity (Wildman–Crippen MR) is 86.3 cm³/mol. The third-order valence-corrected chi connectivity index (χ3v) is 3.77. The van der Waals surface area contributed by atoms with Gasteiger partial charge in [0.2, 0.25) is 5.75 Å². The van der Waals surface area contributed by atoms with Crippen LogP contribution in [-0.2, 0) is 5.33 Å². The maximum absolute atomic E-state index is 11.2. The lowest BCUT2D eigenvalue weighted by atomic mass is 10.0. The maximum atomic E-state index is 11.2. The zero-order valence-corrected chi connectivity index (χ0v) is 13.5. The molecular formula is C16H16BrNO3. The second-order valence-electron chi connectivity index (χ2n) is 5.02. The van der Waals surface area contributed by atoms with Crippen LogP contribution in [0.4, 0.5) is 5.69 Å². The van der Waals surface area contributed by atoms with Gasteiger partial charge in [0.05, 0.1) is 4.92 Å². The number of hydrogen-bond donors (Lipinski definition) is 0. The van der Waals surface area contributed by atoms with Crippen LogP contribution in [0.15, 0.2) is 42.5 Å². The van der Waals surface area contributed by atoms with Gasteiger partial charge < -0.3 is 4.74 Å². The van der Waals surface area contributed by atoms with Crippen LogP contribution < -0.4 is 4.74 Å². The summed E-state index contributed by atoms with van der Waals surface area (Å²) in [6, 6.07) is 12.6. The van der Waals surface area contributed by atoms with Gasteiger partial charge in [0.15, 0.2) is 0 Å². The summed E-state index contributed by atoms with van der Waals surface area (Å²) >= 11 is 3.29. The highest BCUT2D eigenvalue weighted by Crippen LogP contribution is 2.33. The van der Waals surface area contributed by atoms with E-state index in [9.17, 15) is 10.1 Å². The molecule has 0 radical (unpaired) electrons. The Hall–Kier alpha value is -1.88. The standard InChI is InChI=1S/C16H16BrNO3/c1-11(2)13-4-3-5-14(9-13)21-16-7-6-12(10-17)8-15(16)18(19)20/h3-9,11H,10H2,1-2H3. The lowest BCUT2D eigenvalue weighted by Gasteiger charge is -2.10. The number of ether oxygens (including phenoxy) is 1. The number of alkyl halides is 1. The molecule has 0 aliphatic carbocycles. The van der Waals surface area contributed by atoms with Gasteiger partial charge >= 0.3 is 5.69 Å². The second-order valence-corrected chi connectivity index (χ2v) is 5.58. The normalized spacial score (nSPS) is 10.7. The third kappa shape index (κ3) is 3.82. The van der Waals surface area contributed by atoms with Crippen LogP contribution in [0, 0.1) is 10.1 Å². The summed E-state index contributed by atoms with van der Waals surface area (Å²) < 4.78 is 5.70. The molecule has 2 aromatic rings. The molecule has 2 aromatic carbocycles. The highest BCUT2D eigenvalue weighted by Gasteiger charge is 2.16. The Morgan fingerprint density at radius 2 is 2.00 bits per heavy atom. The van der Waals surface area contributed by atoms with Crippen LogP contribution in [0.5, 0.6) is 11.5 Å². The van der Waals surface area contributed by atoms with E-state index in [1.165, 1.54) is 6.07 Å². The molecule has 0 amide bonds. The predicted octanol–water partition coefficient (Wildman–Crippen LogP) is 5.41. The van der Waals surface area contributed by atoms with Gasteiger partial charge in [0.1, 0.15) is 5.75 Å². The van der Waals surface area contributed by atoms with E-state index in [0.717, 1.165) is 11.1 Å². The monoisotopic (exact) mass is 349 g/mol. The number of benzene rings is 2. The number of nitrogens with zero attached hydrogens (tertiary/aromatic N) is 1. The molecule has 0 heterocycles. The van der Waals surface area contributed by atoms with E-state index < -0.39 is 4.92 Å². The molecule has 0 saturated heterocycles. The van der Waals surface area contributed by atoms with Gasteiger partial charge in [-0.2, -0.15) is 0 Å². The minimum Gasteiger partial charge on any atom is -0.450 e. The first-order chi connectivity index (χ1) is 10.0. The largest absolute Gasteiger partial charge is 0.450 e. The lowest BCUT2D eigenvalue weighted by Crippen LogP contribution is -1.95. The quantitative estimate of drug-likeness (QED) is 0.412. The number of halogens is 1. The van der Waals surface area contributed by atoms with Gasteiger partial charge in [-0.15, -0.1) is 0 Å². The number of nitro benzene ring substituents is 1. The molecule has 0 spiro atoms. The summed E-state index contributed by atoms with van der Waals surface area (Å²) in [5.74, 6) is 1.24. The van der Waals surface area contributed by atoms with Crippen molar-refractivity contribution in [2.75, 3.05) is 0 Å². The Morgan fingerprint density at radius 3 is 2.62 bits per heavy atom. The Kier molecular flexibility index (Phi) is 4.96. The van der Waals surface area contributed by atoms with Gasteiger partial charge in [-0.25, -0.2) is 0 Å². The van der Waals surface area contributed by atoms with E-state index in [1.807, 2.05) is 24.3 Å². The molecule has 4 nitrogen and oxygen atoms in total. The molecule has 0 atom stereocenters. The molecule has 0 bridgehead atoms. The molecular weight excluding hydrogens is 334 g/mol. The average Bonchev–Trinajstić information content (AvgIpc) is 2.47. The molecule has 21 heavy (non-hydrogen) atoms. The zero-order chi connectivity index (χ0) is 15.4. The highest BCUT2D eigenvalue weighted by molar-refractivity contribution is 9.08. The van der Waals surface area contributed by atoms with Crippen molar-refractivity contribution in [3.05, 3.63) is 63.7 Å². The summed E-state index contributed by atoms with van der Waals surface area (Å²) in [6.45, 7) is 4.18. The molecule has 0 saturated carbocycles. The molecule has 110 valence electrons. The number of hydrogen-bond acceptors (Lipinski definition) is 3. The van der Waals surface area contributed by atoms with Gasteiger partial charge in [-0.1, -0.05) is 48.0 Å². The van der Waals surface area contributed by atoms with Crippen molar-refractivity contribution >= 4 is 21.6 Å². The zero-order valence-electron chi connectivity index (χ0n) is 11.9. The van der Waals surface area contributed by atoms with E-state index in [2.05, 4.69) is 29.8 Å². The van der Waals surface area contributed by atoms with Gasteiger partial charge in [0.25, 0.3) is 0 Å². The van der Waals surface area contributed by atoms with Crippen LogP contribution in [0.1, 0.15) is 30.9 Å². The van der Waals surface area contributed by atoms with Crippen LogP contribution in [0.3, 0.4) is 0 Å². The summed E-state index contributed by atoms with van der Waals surface area (Å²) in [7, 11) is 0. The second kappa shape index (κ2) is 6.72. The van der Waals surface area contributed by atoms with E-state index in [4.69, 9.17) is 4.74 Å². The molecule has 0 aromatic heterocycles. The fraction of sp³-hybridized carbons (Fsp3) is 0.250. The Labute approximate surface area is 132 Å². The van der Waals surface area contributed by atoms with E-state index in [-0.39, 0.29) is 11.4 Å². The third-order valence-electron chi connectivity index (χ3n) is 3.13. The number of nitro groups is 1. The lowest BCUT2D eigenvalue weighted by molar-refractivity contribution is -0.385. The Balaban J connectivity index is 2.35. The van der Waals surface area contributed by atoms with Crippen LogP contribution in [0.25, 0.3) is 0 Å². The Bertz CT molecular complexity index is 656. The van der Waals surface area contributed by atoms with Crippen molar-refractivity contribution in [3.8, 4) is 11.5 Å². The summed E-state index contributed by atoms with van der Waals surface area (Å²) in [4.78, 5) is 10.7. The molecule has 2 rings (SSSR count).